The van der Waals surface area contributed by atoms with Crippen LogP contribution in [0.1, 0.15) is 39.4 Å². The van der Waals surface area contributed by atoms with Gasteiger partial charge in [-0.3, -0.25) is 19.3 Å². The number of amides is 3. The summed E-state index contributed by atoms with van der Waals surface area (Å²) in [5.74, 6) is 0.0137. The fourth-order valence-electron chi connectivity index (χ4n) is 3.86. The SMILES string of the molecule is O=C(NCCC(c1ccccc1)c1ccccc1)c1cccc(CN2C(=O)CSC2=O)c1. The topological polar surface area (TPSA) is 66.5 Å². The third kappa shape index (κ3) is 5.26. The lowest BCUT2D eigenvalue weighted by atomic mass is 9.88. The lowest BCUT2D eigenvalue weighted by Gasteiger charge is -2.18. The van der Waals surface area contributed by atoms with Crippen LogP contribution in [-0.2, 0) is 11.3 Å². The van der Waals surface area contributed by atoms with Gasteiger partial charge < -0.3 is 5.32 Å². The maximum absolute atomic E-state index is 12.8. The molecule has 1 aliphatic rings. The van der Waals surface area contributed by atoms with E-state index in [-0.39, 0.29) is 35.3 Å². The predicted octanol–water partition coefficient (Wildman–Crippen LogP) is 4.83. The molecule has 0 bridgehead atoms. The number of rotatable bonds is 8. The van der Waals surface area contributed by atoms with Gasteiger partial charge in [0.1, 0.15) is 0 Å². The highest BCUT2D eigenvalue weighted by molar-refractivity contribution is 8.14. The first kappa shape index (κ1) is 21.8. The van der Waals surface area contributed by atoms with Crippen molar-refractivity contribution in [1.29, 1.82) is 0 Å². The summed E-state index contributed by atoms with van der Waals surface area (Å²) in [6, 6.07) is 27.7. The maximum Gasteiger partial charge on any atom is 0.289 e. The minimum atomic E-state index is -0.238. The molecular weight excluding hydrogens is 420 g/mol. The monoisotopic (exact) mass is 444 g/mol. The molecule has 1 aliphatic heterocycles. The Bertz CT molecular complexity index is 1050. The molecule has 0 unspecified atom stereocenters. The van der Waals surface area contributed by atoms with Crippen LogP contribution in [0.2, 0.25) is 0 Å². The van der Waals surface area contributed by atoms with E-state index in [9.17, 15) is 14.4 Å². The van der Waals surface area contributed by atoms with E-state index in [1.165, 1.54) is 16.0 Å². The standard InChI is InChI=1S/C26H24N2O3S/c29-24-18-32-26(31)28(24)17-19-8-7-13-22(16-19)25(30)27-15-14-23(20-9-3-1-4-10-20)21-11-5-2-6-12-21/h1-13,16,23H,14-15,17-18H2,(H,27,30). The van der Waals surface area contributed by atoms with Crippen molar-refractivity contribution in [2.24, 2.45) is 0 Å². The molecule has 0 radical (unpaired) electrons. The number of carbonyl (C=O) groups excluding carboxylic acids is 3. The summed E-state index contributed by atoms with van der Waals surface area (Å²) in [7, 11) is 0. The Morgan fingerprint density at radius 1 is 0.906 bits per heavy atom. The highest BCUT2D eigenvalue weighted by Gasteiger charge is 2.29. The molecule has 6 heteroatoms. The van der Waals surface area contributed by atoms with Crippen molar-refractivity contribution in [2.45, 2.75) is 18.9 Å². The van der Waals surface area contributed by atoms with E-state index < -0.39 is 0 Å². The first-order valence-corrected chi connectivity index (χ1v) is 11.5. The Kier molecular flexibility index (Phi) is 7.02. The fourth-order valence-corrected chi connectivity index (χ4v) is 4.58. The summed E-state index contributed by atoms with van der Waals surface area (Å²) >= 11 is 1.01. The van der Waals surface area contributed by atoms with E-state index >= 15 is 0 Å². The molecule has 1 heterocycles. The molecule has 3 aromatic rings. The molecule has 0 atom stereocenters. The van der Waals surface area contributed by atoms with Gasteiger partial charge in [0.25, 0.3) is 11.1 Å². The van der Waals surface area contributed by atoms with Crippen LogP contribution in [0.15, 0.2) is 84.9 Å². The predicted molar refractivity (Wildman–Crippen MR) is 127 cm³/mol. The lowest BCUT2D eigenvalue weighted by molar-refractivity contribution is -0.125. The van der Waals surface area contributed by atoms with Gasteiger partial charge >= 0.3 is 0 Å². The Hall–Kier alpha value is -3.38. The van der Waals surface area contributed by atoms with E-state index in [0.717, 1.165) is 23.7 Å². The summed E-state index contributed by atoms with van der Waals surface area (Å²) < 4.78 is 0. The normalized spacial score (nSPS) is 13.6. The molecular formula is C26H24N2O3S. The summed E-state index contributed by atoms with van der Waals surface area (Å²) in [5.41, 5.74) is 3.71. The Labute approximate surface area is 191 Å². The number of hydrogen-bond donors (Lipinski definition) is 1. The molecule has 0 aromatic heterocycles. The number of benzene rings is 3. The summed E-state index contributed by atoms with van der Waals surface area (Å²) in [5, 5.41) is 2.78. The van der Waals surface area contributed by atoms with Crippen LogP contribution in [0.25, 0.3) is 0 Å². The first-order chi connectivity index (χ1) is 15.6. The lowest BCUT2D eigenvalue weighted by Crippen LogP contribution is -2.28. The highest BCUT2D eigenvalue weighted by atomic mass is 32.2. The van der Waals surface area contributed by atoms with Gasteiger partial charge in [0.15, 0.2) is 0 Å². The van der Waals surface area contributed by atoms with E-state index in [4.69, 9.17) is 0 Å². The third-order valence-electron chi connectivity index (χ3n) is 5.49. The Morgan fingerprint density at radius 3 is 2.16 bits per heavy atom. The Balaban J connectivity index is 1.40. The van der Waals surface area contributed by atoms with Crippen LogP contribution >= 0.6 is 11.8 Å². The van der Waals surface area contributed by atoms with Crippen molar-refractivity contribution in [3.63, 3.8) is 0 Å². The smallest absolute Gasteiger partial charge is 0.289 e. The molecule has 3 aromatic carbocycles. The summed E-state index contributed by atoms with van der Waals surface area (Å²) in [6.07, 6.45) is 0.771. The van der Waals surface area contributed by atoms with Gasteiger partial charge in [0.05, 0.1) is 12.3 Å². The summed E-state index contributed by atoms with van der Waals surface area (Å²) in [6.45, 7) is 0.715. The zero-order chi connectivity index (χ0) is 22.3. The minimum Gasteiger partial charge on any atom is -0.352 e. The molecule has 0 saturated carbocycles. The number of imide groups is 1. The van der Waals surface area contributed by atoms with Crippen molar-refractivity contribution >= 4 is 28.8 Å². The zero-order valence-electron chi connectivity index (χ0n) is 17.6. The fraction of sp³-hybridized carbons (Fsp3) is 0.192. The van der Waals surface area contributed by atoms with Crippen LogP contribution in [0, 0.1) is 0 Å². The van der Waals surface area contributed by atoms with Gasteiger partial charge in [-0.2, -0.15) is 0 Å². The van der Waals surface area contributed by atoms with Crippen LogP contribution in [0.5, 0.6) is 0 Å². The molecule has 162 valence electrons. The van der Waals surface area contributed by atoms with Crippen molar-refractivity contribution in [3.05, 3.63) is 107 Å². The van der Waals surface area contributed by atoms with Crippen molar-refractivity contribution in [1.82, 2.24) is 10.2 Å². The number of nitrogens with one attached hydrogen (secondary N) is 1. The van der Waals surface area contributed by atoms with Crippen LogP contribution in [0.3, 0.4) is 0 Å². The second kappa shape index (κ2) is 10.3. The molecule has 1 fully saturated rings. The number of thioether (sulfide) groups is 1. The first-order valence-electron chi connectivity index (χ1n) is 10.6. The van der Waals surface area contributed by atoms with E-state index in [1.807, 2.05) is 42.5 Å². The minimum absolute atomic E-state index is 0.167. The van der Waals surface area contributed by atoms with Crippen LogP contribution in [0.4, 0.5) is 4.79 Å². The summed E-state index contributed by atoms with van der Waals surface area (Å²) in [4.78, 5) is 37.7. The second-order valence-corrected chi connectivity index (χ2v) is 8.58. The quantitative estimate of drug-likeness (QED) is 0.540. The van der Waals surface area contributed by atoms with Crippen molar-refractivity contribution in [3.8, 4) is 0 Å². The third-order valence-corrected chi connectivity index (χ3v) is 6.35. The zero-order valence-corrected chi connectivity index (χ0v) is 18.4. The highest BCUT2D eigenvalue weighted by Crippen LogP contribution is 2.27. The van der Waals surface area contributed by atoms with Crippen LogP contribution < -0.4 is 5.32 Å². The van der Waals surface area contributed by atoms with Crippen molar-refractivity contribution < 1.29 is 14.4 Å². The number of carbonyl (C=O) groups is 3. The number of nitrogens with zero attached hydrogens (tertiary/aromatic N) is 1. The van der Waals surface area contributed by atoms with Gasteiger partial charge in [-0.15, -0.1) is 0 Å². The van der Waals surface area contributed by atoms with Gasteiger partial charge in [-0.1, -0.05) is 84.6 Å². The second-order valence-electron chi connectivity index (χ2n) is 7.65. The average molecular weight is 445 g/mol. The van der Waals surface area contributed by atoms with Gasteiger partial charge in [0.2, 0.25) is 5.91 Å². The van der Waals surface area contributed by atoms with Crippen LogP contribution in [-0.4, -0.2) is 34.3 Å². The van der Waals surface area contributed by atoms with E-state index in [2.05, 4.69) is 29.6 Å². The molecule has 4 rings (SSSR count). The van der Waals surface area contributed by atoms with Gasteiger partial charge in [0, 0.05) is 18.0 Å². The molecule has 3 amide bonds. The Morgan fingerprint density at radius 2 is 1.56 bits per heavy atom. The molecule has 1 saturated heterocycles. The molecule has 1 N–H and O–H groups in total. The molecule has 32 heavy (non-hydrogen) atoms. The molecule has 0 aliphatic carbocycles. The molecule has 5 nitrogen and oxygen atoms in total. The molecule has 0 spiro atoms. The average Bonchev–Trinajstić information content (AvgIpc) is 3.15. The van der Waals surface area contributed by atoms with E-state index in [1.54, 1.807) is 18.2 Å². The number of hydrogen-bond acceptors (Lipinski definition) is 4. The maximum atomic E-state index is 12.8. The van der Waals surface area contributed by atoms with Crippen molar-refractivity contribution in [2.75, 3.05) is 12.3 Å². The largest absolute Gasteiger partial charge is 0.352 e. The van der Waals surface area contributed by atoms with Gasteiger partial charge in [-0.25, -0.2) is 0 Å². The van der Waals surface area contributed by atoms with E-state index in [0.29, 0.717) is 12.1 Å². The van der Waals surface area contributed by atoms with Gasteiger partial charge in [-0.05, 0) is 35.2 Å².